The Bertz CT molecular complexity index is 880. The molecule has 25 heavy (non-hydrogen) atoms. The fourth-order valence-corrected chi connectivity index (χ4v) is 2.79. The zero-order valence-electron chi connectivity index (χ0n) is 13.9. The Hall–Kier alpha value is -2.94. The zero-order chi connectivity index (χ0) is 18.4. The molecule has 0 radical (unpaired) electrons. The summed E-state index contributed by atoms with van der Waals surface area (Å²) < 4.78 is 39.7. The van der Waals surface area contributed by atoms with E-state index in [1.165, 1.54) is 57.9 Å². The molecule has 9 heteroatoms. The molecule has 0 spiro atoms. The molecule has 0 aliphatic heterocycles. The fraction of sp³-hybridized carbons (Fsp3) is 0.188. The van der Waals surface area contributed by atoms with Gasteiger partial charge in [0.1, 0.15) is 0 Å². The van der Waals surface area contributed by atoms with Crippen LogP contribution in [0.1, 0.15) is 5.56 Å². The first-order valence-corrected chi connectivity index (χ1v) is 8.53. The third-order valence-electron chi connectivity index (χ3n) is 3.26. The molecule has 134 valence electrons. The molecule has 8 nitrogen and oxygen atoms in total. The van der Waals surface area contributed by atoms with Crippen molar-refractivity contribution in [2.45, 2.75) is 4.90 Å². The van der Waals surface area contributed by atoms with Crippen molar-refractivity contribution >= 4 is 16.2 Å². The molecule has 0 heterocycles. The zero-order valence-corrected chi connectivity index (χ0v) is 14.7. The first kappa shape index (κ1) is 18.4. The van der Waals surface area contributed by atoms with E-state index in [1.54, 1.807) is 6.07 Å². The van der Waals surface area contributed by atoms with Crippen LogP contribution in [0.2, 0.25) is 0 Å². The summed E-state index contributed by atoms with van der Waals surface area (Å²) in [6.45, 7) is 0. The lowest BCUT2D eigenvalue weighted by molar-refractivity contribution is 0.354. The highest BCUT2D eigenvalue weighted by atomic mass is 32.2. The molecule has 2 rings (SSSR count). The summed E-state index contributed by atoms with van der Waals surface area (Å²) in [5.74, 6) is 0.941. The number of benzene rings is 2. The Morgan fingerprint density at radius 1 is 0.960 bits per heavy atom. The van der Waals surface area contributed by atoms with Crippen LogP contribution < -0.4 is 19.0 Å². The number of ether oxygens (including phenoxy) is 3. The third-order valence-corrected chi connectivity index (χ3v) is 4.48. The molecule has 2 aromatic rings. The number of hydrogen-bond donors (Lipinski definition) is 2. The van der Waals surface area contributed by atoms with Crippen LogP contribution in [0.25, 0.3) is 0 Å². The maximum atomic E-state index is 12.3. The molecule has 0 unspecified atom stereocenters. The van der Waals surface area contributed by atoms with Gasteiger partial charge >= 0.3 is 0 Å². The van der Waals surface area contributed by atoms with E-state index in [-0.39, 0.29) is 22.1 Å². The summed E-state index contributed by atoms with van der Waals surface area (Å²) >= 11 is 0. The van der Waals surface area contributed by atoms with Crippen LogP contribution in [-0.4, -0.2) is 41.1 Å². The highest BCUT2D eigenvalue weighted by Crippen LogP contribution is 2.29. The molecule has 0 fully saturated rings. The average molecular weight is 366 g/mol. The monoisotopic (exact) mass is 366 g/mol. The van der Waals surface area contributed by atoms with Crippen LogP contribution in [0.3, 0.4) is 0 Å². The normalized spacial score (nSPS) is 11.3. The van der Waals surface area contributed by atoms with E-state index in [0.717, 1.165) is 0 Å². The highest BCUT2D eigenvalue weighted by Gasteiger charge is 2.16. The van der Waals surface area contributed by atoms with Gasteiger partial charge in [-0.1, -0.05) is 0 Å². The second-order valence-electron chi connectivity index (χ2n) is 4.80. The van der Waals surface area contributed by atoms with Gasteiger partial charge in [-0.3, -0.25) is 0 Å². The van der Waals surface area contributed by atoms with Crippen molar-refractivity contribution in [3.63, 3.8) is 0 Å². The number of phenolic OH excluding ortho intramolecular Hbond substituents is 1. The lowest BCUT2D eigenvalue weighted by Gasteiger charge is -2.09. The average Bonchev–Trinajstić information content (AvgIpc) is 2.62. The predicted octanol–water partition coefficient (Wildman–Crippen LogP) is 1.73. The summed E-state index contributed by atoms with van der Waals surface area (Å²) in [6.07, 6.45) is 1.29. The van der Waals surface area contributed by atoms with E-state index in [2.05, 4.69) is 9.93 Å². The van der Waals surface area contributed by atoms with Gasteiger partial charge in [-0.15, -0.1) is 0 Å². The minimum Gasteiger partial charge on any atom is -0.504 e. The molecular weight excluding hydrogens is 348 g/mol. The molecule has 0 bridgehead atoms. The maximum absolute atomic E-state index is 12.3. The van der Waals surface area contributed by atoms with E-state index in [4.69, 9.17) is 14.2 Å². The van der Waals surface area contributed by atoms with Gasteiger partial charge in [0.2, 0.25) is 0 Å². The largest absolute Gasteiger partial charge is 0.504 e. The Kier molecular flexibility index (Phi) is 5.71. The molecule has 0 saturated heterocycles. The Morgan fingerprint density at radius 3 is 2.28 bits per heavy atom. The standard InChI is InChI=1S/C16H18N2O6S/c1-22-14-7-5-12(9-16(14)24-3)25(20,21)18-17-10-11-4-6-13(19)15(8-11)23-2/h4-10,18-19H,1-3H3/b17-10+. The number of hydrogen-bond acceptors (Lipinski definition) is 7. The summed E-state index contributed by atoms with van der Waals surface area (Å²) in [6, 6.07) is 8.70. The molecular formula is C16H18N2O6S. The molecule has 0 aliphatic carbocycles. The van der Waals surface area contributed by atoms with E-state index < -0.39 is 10.0 Å². The van der Waals surface area contributed by atoms with Gasteiger partial charge in [-0.2, -0.15) is 13.5 Å². The van der Waals surface area contributed by atoms with Gasteiger partial charge in [0.05, 0.1) is 32.4 Å². The summed E-state index contributed by atoms with van der Waals surface area (Å²) in [5, 5.41) is 13.2. The Balaban J connectivity index is 2.19. The second kappa shape index (κ2) is 7.75. The van der Waals surface area contributed by atoms with Gasteiger partial charge < -0.3 is 19.3 Å². The highest BCUT2D eigenvalue weighted by molar-refractivity contribution is 7.89. The molecule has 0 atom stereocenters. The van der Waals surface area contributed by atoms with Gasteiger partial charge in [0, 0.05) is 6.07 Å². The number of hydrazone groups is 1. The topological polar surface area (TPSA) is 106 Å². The number of nitrogens with one attached hydrogen (secondary N) is 1. The maximum Gasteiger partial charge on any atom is 0.276 e. The molecule has 2 N–H and O–H groups in total. The smallest absolute Gasteiger partial charge is 0.276 e. The van der Waals surface area contributed by atoms with Crippen molar-refractivity contribution in [1.82, 2.24) is 4.83 Å². The van der Waals surface area contributed by atoms with Crippen LogP contribution in [0.5, 0.6) is 23.0 Å². The van der Waals surface area contributed by atoms with Gasteiger partial charge in [-0.25, -0.2) is 4.83 Å². The van der Waals surface area contributed by atoms with Crippen LogP contribution in [-0.2, 0) is 10.0 Å². The van der Waals surface area contributed by atoms with E-state index in [1.807, 2.05) is 0 Å². The molecule has 0 amide bonds. The first-order chi connectivity index (χ1) is 11.9. The van der Waals surface area contributed by atoms with Crippen molar-refractivity contribution in [3.05, 3.63) is 42.0 Å². The number of rotatable bonds is 7. The van der Waals surface area contributed by atoms with Gasteiger partial charge in [0.15, 0.2) is 23.0 Å². The lowest BCUT2D eigenvalue weighted by atomic mass is 10.2. The van der Waals surface area contributed by atoms with Gasteiger partial charge in [0.25, 0.3) is 10.0 Å². The van der Waals surface area contributed by atoms with Crippen molar-refractivity contribution < 1.29 is 27.7 Å². The number of aromatic hydroxyl groups is 1. The van der Waals surface area contributed by atoms with Crippen molar-refractivity contribution in [3.8, 4) is 23.0 Å². The molecule has 2 aromatic carbocycles. The van der Waals surface area contributed by atoms with Crippen LogP contribution in [0.4, 0.5) is 0 Å². The van der Waals surface area contributed by atoms with E-state index >= 15 is 0 Å². The fourth-order valence-electron chi connectivity index (χ4n) is 1.98. The number of methoxy groups -OCH3 is 3. The number of phenols is 1. The Morgan fingerprint density at radius 2 is 1.64 bits per heavy atom. The molecule has 0 aromatic heterocycles. The van der Waals surface area contributed by atoms with Crippen LogP contribution >= 0.6 is 0 Å². The summed E-state index contributed by atoms with van der Waals surface area (Å²) in [5.41, 5.74) is 0.546. The minimum absolute atomic E-state index is 0.0226. The van der Waals surface area contributed by atoms with Crippen LogP contribution in [0, 0.1) is 0 Å². The molecule has 0 saturated carbocycles. The summed E-state index contributed by atoms with van der Waals surface area (Å²) in [7, 11) is 0.410. The quantitative estimate of drug-likeness (QED) is 0.571. The Labute approximate surface area is 145 Å². The first-order valence-electron chi connectivity index (χ1n) is 7.05. The summed E-state index contributed by atoms with van der Waals surface area (Å²) in [4.78, 5) is 2.08. The van der Waals surface area contributed by atoms with Crippen LogP contribution in [0.15, 0.2) is 46.4 Å². The predicted molar refractivity (Wildman–Crippen MR) is 92.1 cm³/mol. The van der Waals surface area contributed by atoms with E-state index in [0.29, 0.717) is 11.3 Å². The van der Waals surface area contributed by atoms with Crippen molar-refractivity contribution in [2.75, 3.05) is 21.3 Å². The third kappa shape index (κ3) is 4.32. The van der Waals surface area contributed by atoms with E-state index in [9.17, 15) is 13.5 Å². The number of sulfonamides is 1. The lowest BCUT2D eigenvalue weighted by Crippen LogP contribution is -2.18. The number of nitrogens with zero attached hydrogens (tertiary/aromatic N) is 1. The SMILES string of the molecule is COc1cc(/C=N/NS(=O)(=O)c2ccc(OC)c(OC)c2)ccc1O. The molecule has 0 aliphatic rings. The van der Waals surface area contributed by atoms with Crippen molar-refractivity contribution in [2.24, 2.45) is 5.10 Å². The minimum atomic E-state index is -3.88. The van der Waals surface area contributed by atoms with Gasteiger partial charge in [-0.05, 0) is 35.9 Å². The second-order valence-corrected chi connectivity index (χ2v) is 6.46. The van der Waals surface area contributed by atoms with Crippen molar-refractivity contribution in [1.29, 1.82) is 0 Å².